The predicted octanol–water partition coefficient (Wildman–Crippen LogP) is 5.18. The van der Waals surface area contributed by atoms with Crippen LogP contribution in [0.3, 0.4) is 0 Å². The van der Waals surface area contributed by atoms with Crippen LogP contribution in [0, 0.1) is 0 Å². The normalized spacial score (nSPS) is 11.7. The second kappa shape index (κ2) is 8.88. The zero-order chi connectivity index (χ0) is 24.6. The molecule has 5 rings (SSSR count). The number of amides is 1. The van der Waals surface area contributed by atoms with Crippen LogP contribution in [-0.2, 0) is 12.7 Å². The molecule has 2 aromatic carbocycles. The van der Waals surface area contributed by atoms with Crippen LogP contribution in [0.2, 0.25) is 5.02 Å². The largest absolute Gasteiger partial charge is 0.417 e. The predicted molar refractivity (Wildman–Crippen MR) is 123 cm³/mol. The van der Waals surface area contributed by atoms with Crippen molar-refractivity contribution in [2.45, 2.75) is 12.7 Å². The van der Waals surface area contributed by atoms with Gasteiger partial charge in [-0.2, -0.15) is 18.3 Å². The van der Waals surface area contributed by atoms with Crippen molar-refractivity contribution in [2.24, 2.45) is 0 Å². The van der Waals surface area contributed by atoms with E-state index in [2.05, 4.69) is 20.6 Å². The molecule has 1 amide bonds. The van der Waals surface area contributed by atoms with E-state index in [0.29, 0.717) is 11.4 Å². The fourth-order valence-electron chi connectivity index (χ4n) is 3.58. The summed E-state index contributed by atoms with van der Waals surface area (Å²) >= 11 is 5.97. The molecular formula is C24H16ClF3N6O. The van der Waals surface area contributed by atoms with Crippen molar-refractivity contribution >= 4 is 23.2 Å². The van der Waals surface area contributed by atoms with Crippen LogP contribution in [0.25, 0.3) is 22.6 Å². The van der Waals surface area contributed by atoms with Gasteiger partial charge >= 0.3 is 6.18 Å². The van der Waals surface area contributed by atoms with Gasteiger partial charge in [0.05, 0.1) is 28.5 Å². The van der Waals surface area contributed by atoms with Gasteiger partial charge in [-0.15, -0.1) is 10.2 Å². The van der Waals surface area contributed by atoms with Crippen molar-refractivity contribution in [1.82, 2.24) is 29.7 Å². The molecule has 0 radical (unpaired) electrons. The van der Waals surface area contributed by atoms with E-state index in [4.69, 9.17) is 11.6 Å². The number of rotatable bonds is 5. The van der Waals surface area contributed by atoms with Crippen LogP contribution in [0.5, 0.6) is 0 Å². The fraction of sp³-hybridized carbons (Fsp3) is 0.0833. The average molecular weight is 497 g/mol. The number of nitrogens with zero attached hydrogens (tertiary/aromatic N) is 5. The number of hydrogen-bond acceptors (Lipinski definition) is 4. The molecule has 0 saturated heterocycles. The summed E-state index contributed by atoms with van der Waals surface area (Å²) in [7, 11) is 0. The highest BCUT2D eigenvalue weighted by atomic mass is 35.5. The van der Waals surface area contributed by atoms with Gasteiger partial charge in [-0.05, 0) is 24.3 Å². The maximum absolute atomic E-state index is 13.2. The molecule has 7 nitrogen and oxygen atoms in total. The van der Waals surface area contributed by atoms with Crippen molar-refractivity contribution < 1.29 is 18.0 Å². The van der Waals surface area contributed by atoms with Gasteiger partial charge < -0.3 is 5.32 Å². The Labute approximate surface area is 201 Å². The van der Waals surface area contributed by atoms with Gasteiger partial charge in [0.25, 0.3) is 5.91 Å². The number of pyridine rings is 1. The Balaban J connectivity index is 1.47. The topological polar surface area (TPSA) is 77.1 Å². The van der Waals surface area contributed by atoms with Crippen LogP contribution < -0.4 is 5.32 Å². The minimum absolute atomic E-state index is 0.0598. The first-order chi connectivity index (χ1) is 16.8. The van der Waals surface area contributed by atoms with Gasteiger partial charge in [0.2, 0.25) is 0 Å². The Morgan fingerprint density at radius 2 is 1.66 bits per heavy atom. The van der Waals surface area contributed by atoms with Gasteiger partial charge in [-0.25, -0.2) is 4.68 Å². The van der Waals surface area contributed by atoms with Crippen LogP contribution in [0.1, 0.15) is 21.9 Å². The van der Waals surface area contributed by atoms with Crippen molar-refractivity contribution in [3.63, 3.8) is 0 Å². The number of para-hydroxylation sites is 1. The lowest BCUT2D eigenvalue weighted by atomic mass is 10.1. The molecule has 176 valence electrons. The summed E-state index contributed by atoms with van der Waals surface area (Å²) < 4.78 is 42.3. The van der Waals surface area contributed by atoms with E-state index >= 15 is 0 Å². The van der Waals surface area contributed by atoms with Crippen LogP contribution in [-0.4, -0.2) is 30.3 Å². The first-order valence-electron chi connectivity index (χ1n) is 10.4. The number of benzene rings is 2. The Kier molecular flexibility index (Phi) is 5.73. The molecule has 1 N–H and O–H groups in total. The Morgan fingerprint density at radius 3 is 2.34 bits per heavy atom. The molecule has 3 aromatic heterocycles. The van der Waals surface area contributed by atoms with E-state index in [0.717, 1.165) is 22.2 Å². The van der Waals surface area contributed by atoms with Crippen molar-refractivity contribution in [2.75, 3.05) is 0 Å². The SMILES string of the molecule is O=C(NCc1nnc2c(Cl)cc(C(F)(F)F)cn12)c1cc(-c2ccccc2)nn1-c1ccccc1. The fourth-order valence-corrected chi connectivity index (χ4v) is 3.83. The highest BCUT2D eigenvalue weighted by Crippen LogP contribution is 2.32. The number of fused-ring (bicyclic) bond motifs is 1. The van der Waals surface area contributed by atoms with E-state index in [9.17, 15) is 18.0 Å². The monoisotopic (exact) mass is 496 g/mol. The summed E-state index contributed by atoms with van der Waals surface area (Å²) in [5.41, 5.74) is 1.46. The Hall–Kier alpha value is -4.18. The van der Waals surface area contributed by atoms with Crippen molar-refractivity contribution in [3.8, 4) is 16.9 Å². The first kappa shape index (κ1) is 22.6. The quantitative estimate of drug-likeness (QED) is 0.363. The van der Waals surface area contributed by atoms with E-state index < -0.39 is 17.6 Å². The Morgan fingerprint density at radius 1 is 0.971 bits per heavy atom. The summed E-state index contributed by atoms with van der Waals surface area (Å²) in [6.45, 7) is -0.182. The molecule has 11 heteroatoms. The number of carbonyl (C=O) groups is 1. The number of hydrogen-bond donors (Lipinski definition) is 1. The first-order valence-corrected chi connectivity index (χ1v) is 10.8. The van der Waals surface area contributed by atoms with Gasteiger partial charge in [0.1, 0.15) is 5.69 Å². The lowest BCUT2D eigenvalue weighted by molar-refractivity contribution is -0.137. The molecule has 0 aliphatic rings. The second-order valence-electron chi connectivity index (χ2n) is 7.60. The maximum atomic E-state index is 13.2. The summed E-state index contributed by atoms with van der Waals surface area (Å²) in [5, 5.41) is 14.8. The zero-order valence-corrected chi connectivity index (χ0v) is 18.6. The van der Waals surface area contributed by atoms with E-state index in [1.807, 2.05) is 60.7 Å². The second-order valence-corrected chi connectivity index (χ2v) is 8.00. The van der Waals surface area contributed by atoms with E-state index in [1.54, 1.807) is 6.07 Å². The molecule has 0 fully saturated rings. The molecule has 0 bridgehead atoms. The smallest absolute Gasteiger partial charge is 0.343 e. The third-order valence-corrected chi connectivity index (χ3v) is 5.56. The van der Waals surface area contributed by atoms with Gasteiger partial charge in [-0.1, -0.05) is 60.1 Å². The lowest BCUT2D eigenvalue weighted by Crippen LogP contribution is -2.26. The lowest BCUT2D eigenvalue weighted by Gasteiger charge is -2.10. The summed E-state index contributed by atoms with van der Waals surface area (Å²) in [6, 6.07) is 20.9. The number of carbonyl (C=O) groups excluding carboxylic acids is 1. The minimum atomic E-state index is -4.60. The van der Waals surface area contributed by atoms with Crippen LogP contribution >= 0.6 is 11.6 Å². The number of aromatic nitrogens is 5. The molecule has 0 spiro atoms. The molecule has 0 aliphatic carbocycles. The summed E-state index contributed by atoms with van der Waals surface area (Å²) in [4.78, 5) is 13.2. The molecule has 5 aromatic rings. The van der Waals surface area contributed by atoms with Crippen molar-refractivity contribution in [3.05, 3.63) is 101 Å². The third kappa shape index (κ3) is 4.47. The maximum Gasteiger partial charge on any atom is 0.417 e. The number of alkyl halides is 3. The molecule has 0 saturated carbocycles. The van der Waals surface area contributed by atoms with Gasteiger partial charge in [0.15, 0.2) is 11.5 Å². The van der Waals surface area contributed by atoms with Crippen LogP contribution in [0.15, 0.2) is 79.0 Å². The van der Waals surface area contributed by atoms with Crippen molar-refractivity contribution in [1.29, 1.82) is 0 Å². The minimum Gasteiger partial charge on any atom is -0.343 e. The summed E-state index contributed by atoms with van der Waals surface area (Å²) in [6.07, 6.45) is -3.75. The average Bonchev–Trinajstić information content (AvgIpc) is 3.48. The standard InChI is InChI=1S/C24H16ClF3N6O/c25-18-11-16(24(26,27)28)14-33-21(30-31-22(18)33)13-29-23(35)20-12-19(15-7-3-1-4-8-15)32-34(20)17-9-5-2-6-10-17/h1-12,14H,13H2,(H,29,35). The highest BCUT2D eigenvalue weighted by molar-refractivity contribution is 6.33. The zero-order valence-electron chi connectivity index (χ0n) is 17.9. The molecular weight excluding hydrogens is 481 g/mol. The van der Waals surface area contributed by atoms with Gasteiger partial charge in [0, 0.05) is 11.8 Å². The van der Waals surface area contributed by atoms with Crippen LogP contribution in [0.4, 0.5) is 13.2 Å². The van der Waals surface area contributed by atoms with E-state index in [1.165, 1.54) is 4.68 Å². The third-order valence-electron chi connectivity index (χ3n) is 5.28. The number of nitrogens with one attached hydrogen (secondary N) is 1. The Bertz CT molecular complexity index is 1510. The molecule has 0 unspecified atom stereocenters. The summed E-state index contributed by atoms with van der Waals surface area (Å²) in [5.74, 6) is -0.395. The highest BCUT2D eigenvalue weighted by Gasteiger charge is 2.32. The number of halogens is 4. The van der Waals surface area contributed by atoms with Gasteiger partial charge in [-0.3, -0.25) is 9.20 Å². The molecule has 0 aliphatic heterocycles. The molecule has 35 heavy (non-hydrogen) atoms. The molecule has 3 heterocycles. The molecule has 0 atom stereocenters. The van der Waals surface area contributed by atoms with E-state index in [-0.39, 0.29) is 28.7 Å².